The van der Waals surface area contributed by atoms with E-state index in [4.69, 9.17) is 0 Å². The first kappa shape index (κ1) is 18.3. The fourth-order valence-corrected chi connectivity index (χ4v) is 5.01. The smallest absolute Gasteiger partial charge is 0.277 e. The molecule has 25 heavy (non-hydrogen) atoms. The minimum Gasteiger partial charge on any atom is -0.335 e. The summed E-state index contributed by atoms with van der Waals surface area (Å²) in [4.78, 5) is 15.2. The van der Waals surface area contributed by atoms with E-state index in [1.54, 1.807) is 4.90 Å². The molecule has 2 heterocycles. The van der Waals surface area contributed by atoms with E-state index in [2.05, 4.69) is 0 Å². The molecule has 0 radical (unpaired) electrons. The summed E-state index contributed by atoms with van der Waals surface area (Å²) in [5, 5.41) is 0. The average Bonchev–Trinajstić information content (AvgIpc) is 2.63. The molecule has 0 bridgehead atoms. The Morgan fingerprint density at radius 1 is 1.04 bits per heavy atom. The van der Waals surface area contributed by atoms with Gasteiger partial charge in [0.05, 0.1) is 13.1 Å². The van der Waals surface area contributed by atoms with Crippen molar-refractivity contribution < 1.29 is 22.5 Å². The first-order chi connectivity index (χ1) is 12.0. The fraction of sp³-hybridized carbons (Fsp3) is 0.588. The number of carbonyl (C=O) groups excluding carboxylic acids is 1. The predicted octanol–water partition coefficient (Wildman–Crippen LogP) is -0.273. The molecule has 0 saturated carbocycles. The van der Waals surface area contributed by atoms with Crippen LogP contribution in [-0.4, -0.2) is 69.3 Å². The van der Waals surface area contributed by atoms with Crippen LogP contribution in [0.15, 0.2) is 29.2 Å². The number of amides is 1. The minimum absolute atomic E-state index is 0.0832. The number of hydrogen-bond acceptors (Lipinski definition) is 3. The van der Waals surface area contributed by atoms with Gasteiger partial charge in [-0.15, -0.1) is 0 Å². The number of piperidine rings is 1. The molecule has 0 spiro atoms. The van der Waals surface area contributed by atoms with E-state index in [1.807, 2.05) is 0 Å². The lowest BCUT2D eigenvalue weighted by Crippen LogP contribution is -3.13. The van der Waals surface area contributed by atoms with Gasteiger partial charge in [-0.25, -0.2) is 12.8 Å². The molecule has 0 unspecified atom stereocenters. The maximum atomic E-state index is 13.8. The van der Waals surface area contributed by atoms with Crippen molar-refractivity contribution in [1.29, 1.82) is 0 Å². The summed E-state index contributed by atoms with van der Waals surface area (Å²) >= 11 is 0. The van der Waals surface area contributed by atoms with Crippen molar-refractivity contribution in [2.75, 3.05) is 45.8 Å². The standard InChI is InChI=1S/C17H24FN3O3S/c18-15-6-2-3-7-16(15)25(23,24)21-12-10-20(11-13-21)17(22)14-19-8-4-1-5-9-19/h2-3,6-7H,1,4-5,8-14H2/p+1. The molecule has 2 aliphatic heterocycles. The zero-order valence-corrected chi connectivity index (χ0v) is 15.1. The highest BCUT2D eigenvalue weighted by atomic mass is 32.2. The zero-order chi connectivity index (χ0) is 17.9. The summed E-state index contributed by atoms with van der Waals surface area (Å²) in [5.41, 5.74) is 0. The van der Waals surface area contributed by atoms with Crippen LogP contribution in [-0.2, 0) is 14.8 Å². The van der Waals surface area contributed by atoms with Gasteiger partial charge in [-0.2, -0.15) is 4.31 Å². The molecular formula is C17H25FN3O3S+. The van der Waals surface area contributed by atoms with Gasteiger partial charge in [0.1, 0.15) is 10.7 Å². The number of likely N-dealkylation sites (tertiary alicyclic amines) is 1. The molecule has 0 atom stereocenters. The molecule has 138 valence electrons. The number of piperazine rings is 1. The summed E-state index contributed by atoms with van der Waals surface area (Å²) < 4.78 is 40.3. The lowest BCUT2D eigenvalue weighted by Gasteiger charge is -2.34. The average molecular weight is 370 g/mol. The Bertz CT molecular complexity index is 712. The van der Waals surface area contributed by atoms with Gasteiger partial charge in [0, 0.05) is 26.2 Å². The molecule has 1 aromatic carbocycles. The summed E-state index contributed by atoms with van der Waals surface area (Å²) in [6.45, 7) is 3.69. The predicted molar refractivity (Wildman–Crippen MR) is 91.2 cm³/mol. The molecule has 2 aliphatic rings. The minimum atomic E-state index is -3.85. The van der Waals surface area contributed by atoms with Gasteiger partial charge in [-0.05, 0) is 31.4 Å². The van der Waals surface area contributed by atoms with Crippen molar-refractivity contribution in [2.24, 2.45) is 0 Å². The summed E-state index contributed by atoms with van der Waals surface area (Å²) in [5.74, 6) is -0.658. The quantitative estimate of drug-likeness (QED) is 0.794. The van der Waals surface area contributed by atoms with Crippen LogP contribution in [0, 0.1) is 5.82 Å². The van der Waals surface area contributed by atoms with Gasteiger partial charge in [0.15, 0.2) is 6.54 Å². The van der Waals surface area contributed by atoms with Crippen molar-refractivity contribution in [2.45, 2.75) is 24.2 Å². The van der Waals surface area contributed by atoms with Gasteiger partial charge in [-0.3, -0.25) is 4.79 Å². The van der Waals surface area contributed by atoms with Crippen LogP contribution < -0.4 is 4.90 Å². The molecule has 2 saturated heterocycles. The molecule has 8 heteroatoms. The Balaban J connectivity index is 1.58. The number of sulfonamides is 1. The van der Waals surface area contributed by atoms with Gasteiger partial charge < -0.3 is 9.80 Å². The van der Waals surface area contributed by atoms with Gasteiger partial charge in [-0.1, -0.05) is 12.1 Å². The third-order valence-corrected chi connectivity index (χ3v) is 6.94. The first-order valence-corrected chi connectivity index (χ1v) is 10.3. The molecular weight excluding hydrogens is 345 g/mol. The Morgan fingerprint density at radius 2 is 1.68 bits per heavy atom. The number of rotatable bonds is 4. The highest BCUT2D eigenvalue weighted by Gasteiger charge is 2.32. The van der Waals surface area contributed by atoms with E-state index in [-0.39, 0.29) is 23.9 Å². The Hall–Kier alpha value is -1.51. The maximum Gasteiger partial charge on any atom is 0.277 e. The maximum absolute atomic E-state index is 13.8. The van der Waals surface area contributed by atoms with E-state index >= 15 is 0 Å². The Kier molecular flexibility index (Phi) is 5.71. The number of halogens is 1. The molecule has 1 aromatic rings. The molecule has 6 nitrogen and oxygen atoms in total. The Labute approximate surface area is 148 Å². The summed E-state index contributed by atoms with van der Waals surface area (Å²) in [6.07, 6.45) is 3.57. The third-order valence-electron chi connectivity index (χ3n) is 5.01. The zero-order valence-electron chi connectivity index (χ0n) is 14.3. The van der Waals surface area contributed by atoms with Gasteiger partial charge >= 0.3 is 0 Å². The van der Waals surface area contributed by atoms with Crippen molar-refractivity contribution >= 4 is 15.9 Å². The monoisotopic (exact) mass is 370 g/mol. The lowest BCUT2D eigenvalue weighted by molar-refractivity contribution is -0.897. The van der Waals surface area contributed by atoms with Crippen LogP contribution in [0.2, 0.25) is 0 Å². The van der Waals surface area contributed by atoms with Gasteiger partial charge in [0.25, 0.3) is 5.91 Å². The highest BCUT2D eigenvalue weighted by Crippen LogP contribution is 2.20. The van der Waals surface area contributed by atoms with Crippen molar-refractivity contribution in [1.82, 2.24) is 9.21 Å². The van der Waals surface area contributed by atoms with Crippen LogP contribution in [0.1, 0.15) is 19.3 Å². The van der Waals surface area contributed by atoms with E-state index < -0.39 is 15.8 Å². The number of hydrogen-bond donors (Lipinski definition) is 1. The van der Waals surface area contributed by atoms with Crippen molar-refractivity contribution in [3.05, 3.63) is 30.1 Å². The van der Waals surface area contributed by atoms with Gasteiger partial charge in [0.2, 0.25) is 10.0 Å². The molecule has 3 rings (SSSR count). The van der Waals surface area contributed by atoms with E-state index in [0.29, 0.717) is 19.6 Å². The molecule has 1 amide bonds. The Morgan fingerprint density at radius 3 is 2.32 bits per heavy atom. The van der Waals surface area contributed by atoms with Crippen LogP contribution >= 0.6 is 0 Å². The molecule has 0 aliphatic carbocycles. The van der Waals surface area contributed by atoms with E-state index in [9.17, 15) is 17.6 Å². The number of benzene rings is 1. The van der Waals surface area contributed by atoms with E-state index in [0.717, 1.165) is 32.0 Å². The summed E-state index contributed by atoms with van der Waals surface area (Å²) in [7, 11) is -3.85. The third kappa shape index (κ3) is 4.19. The SMILES string of the molecule is O=C(C[NH+]1CCCCC1)N1CCN(S(=O)(=O)c2ccccc2F)CC1. The first-order valence-electron chi connectivity index (χ1n) is 8.84. The van der Waals surface area contributed by atoms with Crippen molar-refractivity contribution in [3.8, 4) is 0 Å². The second-order valence-electron chi connectivity index (χ2n) is 6.70. The summed E-state index contributed by atoms with van der Waals surface area (Å²) in [6, 6.07) is 5.40. The molecule has 1 N–H and O–H groups in total. The highest BCUT2D eigenvalue weighted by molar-refractivity contribution is 7.89. The van der Waals surface area contributed by atoms with Crippen LogP contribution in [0.25, 0.3) is 0 Å². The van der Waals surface area contributed by atoms with Crippen molar-refractivity contribution in [3.63, 3.8) is 0 Å². The number of quaternary nitrogens is 1. The second-order valence-corrected chi connectivity index (χ2v) is 8.61. The number of nitrogens with one attached hydrogen (secondary N) is 1. The fourth-order valence-electron chi connectivity index (χ4n) is 3.53. The van der Waals surface area contributed by atoms with Crippen LogP contribution in [0.4, 0.5) is 4.39 Å². The van der Waals surface area contributed by atoms with Crippen LogP contribution in [0.5, 0.6) is 0 Å². The second kappa shape index (κ2) is 7.80. The molecule has 0 aromatic heterocycles. The molecule has 2 fully saturated rings. The number of carbonyl (C=O) groups is 1. The largest absolute Gasteiger partial charge is 0.335 e. The lowest BCUT2D eigenvalue weighted by atomic mass is 10.1. The van der Waals surface area contributed by atoms with Crippen LogP contribution in [0.3, 0.4) is 0 Å². The van der Waals surface area contributed by atoms with E-state index in [1.165, 1.54) is 33.8 Å². The topological polar surface area (TPSA) is 62.1 Å². The number of nitrogens with zero attached hydrogens (tertiary/aromatic N) is 2. The normalized spacial score (nSPS) is 20.6.